The monoisotopic (exact) mass is 518 g/mol. The Morgan fingerprint density at radius 2 is 1.76 bits per heavy atom. The third-order valence-electron chi connectivity index (χ3n) is 7.49. The lowest BCUT2D eigenvalue weighted by Crippen LogP contribution is -2.55. The van der Waals surface area contributed by atoms with Crippen molar-refractivity contribution in [3.8, 4) is 0 Å². The fourth-order valence-electron chi connectivity index (χ4n) is 5.62. The number of hydrogen-bond acceptors (Lipinski definition) is 3. The summed E-state index contributed by atoms with van der Waals surface area (Å²) in [5, 5.41) is 10.8. The van der Waals surface area contributed by atoms with E-state index in [1.807, 2.05) is 71.3 Å². The van der Waals surface area contributed by atoms with Crippen LogP contribution in [-0.2, 0) is 13.1 Å². The first-order valence-corrected chi connectivity index (χ1v) is 13.0. The molecule has 1 amide bonds. The van der Waals surface area contributed by atoms with Crippen LogP contribution in [0.5, 0.6) is 0 Å². The number of aromatic amines is 1. The lowest BCUT2D eigenvalue weighted by Gasteiger charge is -2.44. The maximum atomic E-state index is 12.9. The zero-order chi connectivity index (χ0) is 25.9. The van der Waals surface area contributed by atoms with Gasteiger partial charge >= 0.3 is 11.8 Å². The number of hydrogen-bond donors (Lipinski definition) is 2. The number of piperidine rings is 1. The molecule has 1 aromatic heterocycles. The summed E-state index contributed by atoms with van der Waals surface area (Å²) < 4.78 is 1.81. The van der Waals surface area contributed by atoms with E-state index in [0.717, 1.165) is 22.2 Å². The van der Waals surface area contributed by atoms with Crippen molar-refractivity contribution in [2.75, 3.05) is 6.54 Å². The Morgan fingerprint density at radius 3 is 2.51 bits per heavy atom. The third kappa shape index (κ3) is 5.43. The van der Waals surface area contributed by atoms with E-state index in [4.69, 9.17) is 11.6 Å². The minimum absolute atomic E-state index is 0.101. The Hall–Kier alpha value is -3.55. The maximum absolute atomic E-state index is 12.9. The summed E-state index contributed by atoms with van der Waals surface area (Å²) >= 11 is 6.28. The van der Waals surface area contributed by atoms with Gasteiger partial charge in [0, 0.05) is 36.7 Å². The Labute approximate surface area is 220 Å². The first-order valence-electron chi connectivity index (χ1n) is 12.6. The van der Waals surface area contributed by atoms with Crippen molar-refractivity contribution < 1.29 is 9.90 Å². The van der Waals surface area contributed by atoms with Crippen LogP contribution in [0.3, 0.4) is 0 Å². The number of likely N-dealkylation sites (tertiary alicyclic amines) is 1. The molecule has 2 heterocycles. The number of H-pyrrole nitrogens is 1. The second-order valence-electron chi connectivity index (χ2n) is 9.80. The highest BCUT2D eigenvalue weighted by Crippen LogP contribution is 2.32. The highest BCUT2D eigenvalue weighted by atomic mass is 35.5. The molecule has 7 nitrogen and oxygen atoms in total. The van der Waals surface area contributed by atoms with Crippen LogP contribution in [0.4, 0.5) is 4.79 Å². The number of imidazole rings is 1. The van der Waals surface area contributed by atoms with Crippen molar-refractivity contribution in [3.63, 3.8) is 0 Å². The second-order valence-corrected chi connectivity index (χ2v) is 10.2. The summed E-state index contributed by atoms with van der Waals surface area (Å²) in [6.45, 7) is 3.75. The summed E-state index contributed by atoms with van der Waals surface area (Å²) in [5.41, 5.74) is 3.72. The number of carbonyl (C=O) groups is 1. The minimum Gasteiger partial charge on any atom is -0.465 e. The highest BCUT2D eigenvalue weighted by molar-refractivity contribution is 6.30. The van der Waals surface area contributed by atoms with E-state index in [2.05, 4.69) is 28.9 Å². The van der Waals surface area contributed by atoms with E-state index in [-0.39, 0.29) is 23.8 Å². The van der Waals surface area contributed by atoms with Gasteiger partial charge in [-0.05, 0) is 55.2 Å². The number of aromatic nitrogens is 2. The van der Waals surface area contributed by atoms with Gasteiger partial charge in [-0.3, -0.25) is 9.47 Å². The standard InChI is InChI=1S/C29H31ClN4O3/c1-20(32(18-21-8-3-2-4-9-21)19-22-10-7-11-23(30)16-22)27-17-24(14-15-33(27)29(36)37)34-26-13-6-5-12-25(26)31-28(34)35/h2-13,16,20,24,27H,14-15,17-19H2,1H3,(H,31,35)(H,36,37). The smallest absolute Gasteiger partial charge is 0.407 e. The highest BCUT2D eigenvalue weighted by Gasteiger charge is 2.38. The van der Waals surface area contributed by atoms with Crippen LogP contribution in [0.25, 0.3) is 11.0 Å². The van der Waals surface area contributed by atoms with Crippen LogP contribution < -0.4 is 5.69 Å². The van der Waals surface area contributed by atoms with E-state index >= 15 is 0 Å². The van der Waals surface area contributed by atoms with Crippen LogP contribution in [-0.4, -0.2) is 49.2 Å². The lowest BCUT2D eigenvalue weighted by atomic mass is 9.91. The van der Waals surface area contributed by atoms with E-state index in [1.165, 1.54) is 0 Å². The molecule has 0 bridgehead atoms. The quantitative estimate of drug-likeness (QED) is 0.326. The number of fused-ring (bicyclic) bond motifs is 1. The van der Waals surface area contributed by atoms with Gasteiger partial charge in [0.15, 0.2) is 0 Å². The lowest BCUT2D eigenvalue weighted by molar-refractivity contribution is 0.0374. The minimum atomic E-state index is -0.927. The van der Waals surface area contributed by atoms with Gasteiger partial charge in [-0.25, -0.2) is 9.59 Å². The van der Waals surface area contributed by atoms with Gasteiger partial charge in [-0.2, -0.15) is 0 Å². The average molecular weight is 519 g/mol. The molecular formula is C29H31ClN4O3. The zero-order valence-electron chi connectivity index (χ0n) is 20.8. The normalized spacial score (nSPS) is 18.8. The number of carboxylic acid groups (broad SMARTS) is 1. The Balaban J connectivity index is 1.48. The summed E-state index contributed by atoms with van der Waals surface area (Å²) in [4.78, 5) is 32.1. The fourth-order valence-corrected chi connectivity index (χ4v) is 5.83. The molecule has 5 rings (SSSR count). The Morgan fingerprint density at radius 1 is 1.05 bits per heavy atom. The first-order chi connectivity index (χ1) is 17.9. The maximum Gasteiger partial charge on any atom is 0.407 e. The molecule has 0 aliphatic carbocycles. The van der Waals surface area contributed by atoms with Gasteiger partial charge in [0.1, 0.15) is 0 Å². The van der Waals surface area contributed by atoms with E-state index in [9.17, 15) is 14.7 Å². The summed E-state index contributed by atoms with van der Waals surface area (Å²) in [6.07, 6.45) is 0.212. The Bertz CT molecular complexity index is 1430. The zero-order valence-corrected chi connectivity index (χ0v) is 21.5. The van der Waals surface area contributed by atoms with Crippen molar-refractivity contribution in [1.82, 2.24) is 19.4 Å². The number of benzene rings is 3. The molecule has 1 aliphatic heterocycles. The first kappa shape index (κ1) is 25.1. The third-order valence-corrected chi connectivity index (χ3v) is 7.72. The van der Waals surface area contributed by atoms with Crippen LogP contribution in [0, 0.1) is 0 Å². The van der Waals surface area contributed by atoms with E-state index in [0.29, 0.717) is 37.5 Å². The molecule has 8 heteroatoms. The van der Waals surface area contributed by atoms with Crippen molar-refractivity contribution in [3.05, 3.63) is 105 Å². The van der Waals surface area contributed by atoms with Crippen LogP contribution >= 0.6 is 11.6 Å². The molecule has 1 aliphatic rings. The van der Waals surface area contributed by atoms with Gasteiger partial charge in [0.2, 0.25) is 0 Å². The number of rotatable bonds is 7. The van der Waals surface area contributed by atoms with Gasteiger partial charge in [0.25, 0.3) is 0 Å². The number of para-hydroxylation sites is 2. The topological polar surface area (TPSA) is 81.6 Å². The molecule has 0 spiro atoms. The van der Waals surface area contributed by atoms with Gasteiger partial charge in [-0.1, -0.05) is 66.2 Å². The van der Waals surface area contributed by atoms with Crippen molar-refractivity contribution in [2.45, 2.75) is 51.0 Å². The number of nitrogens with one attached hydrogen (secondary N) is 1. The van der Waals surface area contributed by atoms with Crippen molar-refractivity contribution >= 4 is 28.7 Å². The van der Waals surface area contributed by atoms with Crippen LogP contribution in [0.2, 0.25) is 5.02 Å². The molecule has 3 aromatic carbocycles. The molecular weight excluding hydrogens is 488 g/mol. The van der Waals surface area contributed by atoms with Crippen molar-refractivity contribution in [2.24, 2.45) is 0 Å². The van der Waals surface area contributed by atoms with Gasteiger partial charge in [0.05, 0.1) is 17.1 Å². The second kappa shape index (κ2) is 10.8. The molecule has 1 fully saturated rings. The SMILES string of the molecule is CC(C1CC(n2c(=O)[nH]c3ccccc32)CCN1C(=O)O)N(Cc1ccccc1)Cc1cccc(Cl)c1. The molecule has 4 aromatic rings. The molecule has 37 heavy (non-hydrogen) atoms. The summed E-state index contributed by atoms with van der Waals surface area (Å²) in [5.74, 6) is 0. The molecule has 3 atom stereocenters. The molecule has 0 radical (unpaired) electrons. The van der Waals surface area contributed by atoms with Crippen LogP contribution in [0.15, 0.2) is 83.7 Å². The summed E-state index contributed by atoms with van der Waals surface area (Å²) in [6, 6.07) is 25.1. The van der Waals surface area contributed by atoms with Crippen LogP contribution in [0.1, 0.15) is 36.9 Å². The van der Waals surface area contributed by atoms with E-state index in [1.54, 1.807) is 4.90 Å². The van der Waals surface area contributed by atoms with Gasteiger partial charge < -0.3 is 15.0 Å². The molecule has 192 valence electrons. The predicted molar refractivity (Wildman–Crippen MR) is 146 cm³/mol. The average Bonchev–Trinajstić information content (AvgIpc) is 3.23. The molecule has 1 saturated heterocycles. The Kier molecular flexibility index (Phi) is 7.35. The molecule has 2 N–H and O–H groups in total. The van der Waals surface area contributed by atoms with E-state index < -0.39 is 6.09 Å². The fraction of sp³-hybridized carbons (Fsp3) is 0.310. The molecule has 3 unspecified atom stereocenters. The molecule has 0 saturated carbocycles. The number of halogens is 1. The number of nitrogens with zero attached hydrogens (tertiary/aromatic N) is 3. The summed E-state index contributed by atoms with van der Waals surface area (Å²) in [7, 11) is 0. The predicted octanol–water partition coefficient (Wildman–Crippen LogP) is 5.76. The number of amides is 1. The largest absolute Gasteiger partial charge is 0.465 e. The van der Waals surface area contributed by atoms with Gasteiger partial charge in [-0.15, -0.1) is 0 Å². The van der Waals surface area contributed by atoms with Crippen molar-refractivity contribution in [1.29, 1.82) is 0 Å².